The molecule has 1 N–H and O–H groups in total. The average Bonchev–Trinajstić information content (AvgIpc) is 3.50. The first-order valence-corrected chi connectivity index (χ1v) is 12.7. The largest absolute Gasteiger partial charge is 0.351 e. The van der Waals surface area contributed by atoms with Crippen molar-refractivity contribution in [3.63, 3.8) is 0 Å². The first kappa shape index (κ1) is 24.0. The van der Waals surface area contributed by atoms with E-state index >= 15 is 0 Å². The van der Waals surface area contributed by atoms with Gasteiger partial charge in [-0.1, -0.05) is 49.0 Å². The van der Waals surface area contributed by atoms with E-state index in [1.165, 1.54) is 11.8 Å². The molecule has 2 aromatic carbocycles. The second-order valence-corrected chi connectivity index (χ2v) is 9.75. The molecule has 8 heteroatoms. The fourth-order valence-electron chi connectivity index (χ4n) is 4.14. The van der Waals surface area contributed by atoms with E-state index in [1.54, 1.807) is 24.3 Å². The van der Waals surface area contributed by atoms with Crippen molar-refractivity contribution in [2.75, 3.05) is 25.0 Å². The number of amidine groups is 1. The smallest absolute Gasteiger partial charge is 0.262 e. The summed E-state index contributed by atoms with van der Waals surface area (Å²) in [4.78, 5) is 45.9. The molecule has 2 aliphatic heterocycles. The van der Waals surface area contributed by atoms with Crippen molar-refractivity contribution in [3.05, 3.63) is 65.7 Å². The molecule has 0 saturated carbocycles. The van der Waals surface area contributed by atoms with Gasteiger partial charge in [-0.15, -0.1) is 0 Å². The Kier molecular flexibility index (Phi) is 8.00. The topological polar surface area (TPSA) is 82.1 Å². The summed E-state index contributed by atoms with van der Waals surface area (Å²) in [6.45, 7) is 5.12. The second kappa shape index (κ2) is 11.3. The zero-order valence-corrected chi connectivity index (χ0v) is 20.2. The number of hydrogen-bond acceptors (Lipinski definition) is 5. The Hall–Kier alpha value is -3.13. The molecular weight excluding hydrogens is 448 g/mol. The number of hydrogen-bond donors (Lipinski definition) is 1. The molecule has 4 rings (SSSR count). The third-order valence-corrected chi connectivity index (χ3v) is 7.10. The van der Waals surface area contributed by atoms with Gasteiger partial charge in [-0.3, -0.25) is 14.4 Å². The third-order valence-electron chi connectivity index (χ3n) is 5.89. The molecule has 7 nitrogen and oxygen atoms in total. The molecule has 0 radical (unpaired) electrons. The average molecular weight is 479 g/mol. The van der Waals surface area contributed by atoms with Crippen LogP contribution in [0.4, 0.5) is 5.69 Å². The van der Waals surface area contributed by atoms with E-state index in [1.807, 2.05) is 35.2 Å². The van der Waals surface area contributed by atoms with Crippen molar-refractivity contribution in [2.45, 2.75) is 44.4 Å². The number of carbonyl (C=O) groups is 3. The molecule has 2 aromatic rings. The Labute approximate surface area is 204 Å². The van der Waals surface area contributed by atoms with Gasteiger partial charge in [0, 0.05) is 43.9 Å². The van der Waals surface area contributed by atoms with E-state index in [4.69, 9.17) is 0 Å². The van der Waals surface area contributed by atoms with Crippen LogP contribution in [0.15, 0.2) is 59.6 Å². The molecule has 178 valence electrons. The van der Waals surface area contributed by atoms with Crippen molar-refractivity contribution in [3.8, 4) is 0 Å². The molecule has 0 bridgehead atoms. The van der Waals surface area contributed by atoms with Crippen LogP contribution in [-0.4, -0.2) is 57.6 Å². The molecule has 1 saturated heterocycles. The van der Waals surface area contributed by atoms with Crippen LogP contribution in [0.2, 0.25) is 0 Å². The molecule has 1 fully saturated rings. The third kappa shape index (κ3) is 6.05. The number of carbonyl (C=O) groups excluding carboxylic acids is 3. The van der Waals surface area contributed by atoms with Crippen LogP contribution in [0.3, 0.4) is 0 Å². The Balaban J connectivity index is 1.31. The molecule has 0 spiro atoms. The van der Waals surface area contributed by atoms with Gasteiger partial charge in [0.1, 0.15) is 5.25 Å². The summed E-state index contributed by atoms with van der Waals surface area (Å²) in [5.74, 6) is -0.514. The highest BCUT2D eigenvalue weighted by molar-refractivity contribution is 8.15. The number of rotatable bonds is 8. The summed E-state index contributed by atoms with van der Waals surface area (Å²) in [5.41, 5.74) is 2.26. The van der Waals surface area contributed by atoms with Crippen molar-refractivity contribution in [1.82, 2.24) is 9.80 Å². The molecule has 1 unspecified atom stereocenters. The molecular formula is C26H30N4O3S. The van der Waals surface area contributed by atoms with Crippen LogP contribution in [-0.2, 0) is 16.1 Å². The number of likely N-dealkylation sites (tertiary alicyclic amines) is 1. The van der Waals surface area contributed by atoms with Gasteiger partial charge in [0.05, 0.1) is 0 Å². The van der Waals surface area contributed by atoms with E-state index in [9.17, 15) is 14.4 Å². The fourth-order valence-corrected chi connectivity index (χ4v) is 5.26. The molecule has 34 heavy (non-hydrogen) atoms. The highest BCUT2D eigenvalue weighted by Crippen LogP contribution is 2.29. The lowest BCUT2D eigenvalue weighted by Gasteiger charge is -2.22. The maximum atomic E-state index is 13.1. The minimum atomic E-state index is -0.475. The van der Waals surface area contributed by atoms with Gasteiger partial charge >= 0.3 is 0 Å². The Bertz CT molecular complexity index is 1050. The van der Waals surface area contributed by atoms with Crippen molar-refractivity contribution in [1.29, 1.82) is 0 Å². The van der Waals surface area contributed by atoms with Gasteiger partial charge in [-0.2, -0.15) is 4.99 Å². The van der Waals surface area contributed by atoms with Gasteiger partial charge in [-0.05, 0) is 49.1 Å². The fraction of sp³-hybridized carbons (Fsp3) is 0.385. The lowest BCUT2D eigenvalue weighted by molar-refractivity contribution is -0.121. The maximum absolute atomic E-state index is 13.1. The van der Waals surface area contributed by atoms with E-state index in [0.717, 1.165) is 43.1 Å². The second-order valence-electron chi connectivity index (χ2n) is 8.58. The number of anilines is 1. The van der Waals surface area contributed by atoms with E-state index in [-0.39, 0.29) is 24.1 Å². The number of aliphatic imine (C=N–C) groups is 1. The van der Waals surface area contributed by atoms with Crippen LogP contribution in [0.5, 0.6) is 0 Å². The van der Waals surface area contributed by atoms with Gasteiger partial charge in [0.15, 0.2) is 5.17 Å². The first-order chi connectivity index (χ1) is 16.5. The zero-order valence-electron chi connectivity index (χ0n) is 19.4. The molecule has 1 atom stereocenters. The number of benzene rings is 2. The molecule has 3 amide bonds. The van der Waals surface area contributed by atoms with Crippen LogP contribution in [0.25, 0.3) is 0 Å². The normalized spacial score (nSPS) is 17.6. The summed E-state index contributed by atoms with van der Waals surface area (Å²) >= 11 is 1.39. The van der Waals surface area contributed by atoms with Gasteiger partial charge < -0.3 is 15.1 Å². The maximum Gasteiger partial charge on any atom is 0.262 e. The molecule has 2 heterocycles. The number of thioether (sulfide) groups is 1. The Morgan fingerprint density at radius 2 is 1.79 bits per heavy atom. The molecule has 0 aromatic heterocycles. The van der Waals surface area contributed by atoms with Crippen molar-refractivity contribution >= 4 is 40.3 Å². The van der Waals surface area contributed by atoms with Gasteiger partial charge in [0.2, 0.25) is 5.91 Å². The van der Waals surface area contributed by atoms with E-state index in [0.29, 0.717) is 24.3 Å². The molecule has 2 aliphatic rings. The minimum Gasteiger partial charge on any atom is -0.351 e. The monoisotopic (exact) mass is 478 g/mol. The standard InChI is InChI=1S/C26H30N4O3S/c1-2-14-30(18-19-8-4-3-5-9-19)25(33)20-10-12-21(13-11-20)27-23(31)17-22-24(32)28-26(34-22)29-15-6-7-16-29/h3-5,8-13,22H,2,6-7,14-18H2,1H3,(H,27,31). The van der Waals surface area contributed by atoms with Gasteiger partial charge in [-0.25, -0.2) is 0 Å². The Morgan fingerprint density at radius 1 is 1.09 bits per heavy atom. The summed E-state index contributed by atoms with van der Waals surface area (Å²) in [7, 11) is 0. The quantitative estimate of drug-likeness (QED) is 0.616. The van der Waals surface area contributed by atoms with Crippen LogP contribution < -0.4 is 5.32 Å². The summed E-state index contributed by atoms with van der Waals surface area (Å²) in [5, 5.41) is 3.11. The van der Waals surface area contributed by atoms with Gasteiger partial charge in [0.25, 0.3) is 11.8 Å². The number of nitrogens with one attached hydrogen (secondary N) is 1. The SMILES string of the molecule is CCCN(Cc1ccccc1)C(=O)c1ccc(NC(=O)CC2SC(N3CCCC3)=NC2=O)cc1. The first-order valence-electron chi connectivity index (χ1n) is 11.8. The lowest BCUT2D eigenvalue weighted by Crippen LogP contribution is -2.31. The van der Waals surface area contributed by atoms with E-state index < -0.39 is 5.25 Å². The minimum absolute atomic E-state index is 0.0388. The zero-order chi connectivity index (χ0) is 23.9. The molecule has 0 aliphatic carbocycles. The number of amides is 3. The predicted molar refractivity (Wildman–Crippen MR) is 136 cm³/mol. The summed E-state index contributed by atoms with van der Waals surface area (Å²) < 4.78 is 0. The van der Waals surface area contributed by atoms with E-state index in [2.05, 4.69) is 22.1 Å². The van der Waals surface area contributed by atoms with Crippen molar-refractivity contribution in [2.24, 2.45) is 4.99 Å². The summed E-state index contributed by atoms with van der Waals surface area (Å²) in [6.07, 6.45) is 3.17. The van der Waals surface area contributed by atoms with Crippen LogP contribution in [0, 0.1) is 0 Å². The van der Waals surface area contributed by atoms with Crippen LogP contribution in [0.1, 0.15) is 48.5 Å². The highest BCUT2D eigenvalue weighted by Gasteiger charge is 2.33. The Morgan fingerprint density at radius 3 is 2.47 bits per heavy atom. The summed E-state index contributed by atoms with van der Waals surface area (Å²) in [6, 6.07) is 16.9. The number of nitrogens with zero attached hydrogens (tertiary/aromatic N) is 3. The lowest BCUT2D eigenvalue weighted by atomic mass is 10.1. The predicted octanol–water partition coefficient (Wildman–Crippen LogP) is 4.16. The van der Waals surface area contributed by atoms with Crippen molar-refractivity contribution < 1.29 is 14.4 Å². The van der Waals surface area contributed by atoms with Crippen LogP contribution >= 0.6 is 11.8 Å². The highest BCUT2D eigenvalue weighted by atomic mass is 32.2.